The van der Waals surface area contributed by atoms with Gasteiger partial charge in [-0.2, -0.15) is 0 Å². The number of amides is 1. The first-order valence-corrected chi connectivity index (χ1v) is 7.47. The second-order valence-corrected chi connectivity index (χ2v) is 5.75. The molecule has 24 heavy (non-hydrogen) atoms. The van der Waals surface area contributed by atoms with Gasteiger partial charge in [0.25, 0.3) is 0 Å². The Morgan fingerprint density at radius 3 is 2.75 bits per heavy atom. The Morgan fingerprint density at radius 1 is 1.38 bits per heavy atom. The van der Waals surface area contributed by atoms with Crippen molar-refractivity contribution in [1.29, 1.82) is 0 Å². The molecule has 3 rings (SSSR count). The number of nitrogen functional groups attached to an aromatic ring is 1. The molecule has 1 aromatic rings. The van der Waals surface area contributed by atoms with Crippen LogP contribution in [0.4, 0.5) is 17.3 Å². The van der Waals surface area contributed by atoms with Crippen LogP contribution in [-0.2, 0) is 9.53 Å². The minimum Gasteiger partial charge on any atom is -0.394 e. The zero-order valence-corrected chi connectivity index (χ0v) is 12.8. The van der Waals surface area contributed by atoms with Gasteiger partial charge in [0.05, 0.1) is 13.3 Å². The number of carbonyl (C=O) groups excluding carboxylic acids is 1. The van der Waals surface area contributed by atoms with E-state index in [1.165, 1.54) is 6.33 Å². The summed E-state index contributed by atoms with van der Waals surface area (Å²) in [6, 6.07) is 0. The number of aliphatic hydroxyl groups excluding tert-OH is 3. The number of nitrogens with zero attached hydrogens (tertiary/aromatic N) is 4. The molecule has 7 N–H and O–H groups in total. The average Bonchev–Trinajstić information content (AvgIpc) is 3.05. The normalized spacial score (nSPS) is 29.1. The van der Waals surface area contributed by atoms with E-state index in [4.69, 9.17) is 16.2 Å². The zero-order chi connectivity index (χ0) is 17.4. The summed E-state index contributed by atoms with van der Waals surface area (Å²) in [4.78, 5) is 22.5. The van der Waals surface area contributed by atoms with Crippen LogP contribution < -0.4 is 21.3 Å². The van der Waals surface area contributed by atoms with Crippen molar-refractivity contribution in [3.05, 3.63) is 6.33 Å². The van der Waals surface area contributed by atoms with Gasteiger partial charge in [-0.15, -0.1) is 0 Å². The predicted molar refractivity (Wildman–Crippen MR) is 82.7 cm³/mol. The molecule has 1 saturated heterocycles. The lowest BCUT2D eigenvalue weighted by molar-refractivity contribution is -0.117. The highest BCUT2D eigenvalue weighted by Crippen LogP contribution is 2.40. The van der Waals surface area contributed by atoms with Crippen LogP contribution in [0.5, 0.6) is 0 Å². The van der Waals surface area contributed by atoms with Crippen molar-refractivity contribution in [2.75, 3.05) is 35.4 Å². The molecule has 1 amide bonds. The number of carbonyl (C=O) groups is 1. The van der Waals surface area contributed by atoms with E-state index in [1.807, 2.05) is 0 Å². The summed E-state index contributed by atoms with van der Waals surface area (Å²) in [6.45, 7) is 0.0933. The molecule has 0 bridgehead atoms. The van der Waals surface area contributed by atoms with E-state index in [1.54, 1.807) is 9.80 Å². The highest BCUT2D eigenvalue weighted by Gasteiger charge is 2.48. The second-order valence-electron chi connectivity index (χ2n) is 5.75. The summed E-state index contributed by atoms with van der Waals surface area (Å²) in [7, 11) is 0. The zero-order valence-electron chi connectivity index (χ0n) is 12.8. The first-order chi connectivity index (χ1) is 11.4. The van der Waals surface area contributed by atoms with Crippen LogP contribution in [0, 0.1) is 0 Å². The molecule has 1 fully saturated rings. The SMILES string of the molecule is NC(=O)CCN1CN([C@@H]2O[C@H](CO)C(O)C2O)c2ncnc(N)c21. The molecule has 0 aliphatic carbocycles. The van der Waals surface area contributed by atoms with Crippen molar-refractivity contribution in [3.8, 4) is 0 Å². The molecule has 0 saturated carbocycles. The number of anilines is 3. The Labute approximate surface area is 137 Å². The number of nitrogens with two attached hydrogens (primary N) is 2. The third kappa shape index (κ3) is 2.71. The van der Waals surface area contributed by atoms with Crippen molar-refractivity contribution in [3.63, 3.8) is 0 Å². The first-order valence-electron chi connectivity index (χ1n) is 7.47. The lowest BCUT2D eigenvalue weighted by atomic mass is 10.1. The summed E-state index contributed by atoms with van der Waals surface area (Å²) in [5.41, 5.74) is 11.6. The number of aliphatic hydroxyl groups is 3. The van der Waals surface area contributed by atoms with E-state index >= 15 is 0 Å². The van der Waals surface area contributed by atoms with Gasteiger partial charge in [0.1, 0.15) is 30.3 Å². The Balaban J connectivity index is 1.88. The van der Waals surface area contributed by atoms with Crippen molar-refractivity contribution in [2.45, 2.75) is 31.0 Å². The van der Waals surface area contributed by atoms with Crippen LogP contribution in [0.2, 0.25) is 0 Å². The van der Waals surface area contributed by atoms with Crippen LogP contribution >= 0.6 is 0 Å². The molecule has 0 aromatic carbocycles. The maximum atomic E-state index is 11.1. The molecule has 11 heteroatoms. The highest BCUT2D eigenvalue weighted by molar-refractivity contribution is 5.82. The Bertz CT molecular complexity index is 631. The van der Waals surface area contributed by atoms with Crippen LogP contribution in [0.3, 0.4) is 0 Å². The van der Waals surface area contributed by atoms with Gasteiger partial charge in [0, 0.05) is 13.0 Å². The fourth-order valence-corrected chi connectivity index (χ4v) is 2.98. The van der Waals surface area contributed by atoms with E-state index in [2.05, 4.69) is 9.97 Å². The largest absolute Gasteiger partial charge is 0.394 e. The third-order valence-corrected chi connectivity index (χ3v) is 4.20. The molecule has 3 heterocycles. The van der Waals surface area contributed by atoms with Crippen LogP contribution in [0.1, 0.15) is 6.42 Å². The fourth-order valence-electron chi connectivity index (χ4n) is 2.98. The molecular weight excluding hydrogens is 320 g/mol. The number of rotatable bonds is 5. The maximum absolute atomic E-state index is 11.1. The van der Waals surface area contributed by atoms with Crippen LogP contribution in [0.15, 0.2) is 6.33 Å². The van der Waals surface area contributed by atoms with Crippen molar-refractivity contribution in [2.24, 2.45) is 5.73 Å². The quantitative estimate of drug-likeness (QED) is 0.371. The van der Waals surface area contributed by atoms with Gasteiger partial charge in [-0.05, 0) is 0 Å². The number of fused-ring (bicyclic) bond motifs is 1. The minimum absolute atomic E-state index is 0.109. The Kier molecular flexibility index (Phi) is 4.41. The molecular formula is C13H20N6O5. The topological polar surface area (TPSA) is 171 Å². The van der Waals surface area contributed by atoms with Gasteiger partial charge in [0.2, 0.25) is 5.91 Å². The predicted octanol–water partition coefficient (Wildman–Crippen LogP) is -3.04. The number of aromatic nitrogens is 2. The van der Waals surface area contributed by atoms with Gasteiger partial charge in [-0.3, -0.25) is 4.79 Å². The van der Waals surface area contributed by atoms with Gasteiger partial charge in [-0.1, -0.05) is 0 Å². The van der Waals surface area contributed by atoms with Gasteiger partial charge in [-0.25, -0.2) is 9.97 Å². The molecule has 2 aliphatic rings. The van der Waals surface area contributed by atoms with E-state index in [0.717, 1.165) is 0 Å². The van der Waals surface area contributed by atoms with Gasteiger partial charge in [0.15, 0.2) is 17.9 Å². The number of hydrogen-bond donors (Lipinski definition) is 5. The molecule has 0 spiro atoms. The maximum Gasteiger partial charge on any atom is 0.219 e. The fraction of sp³-hybridized carbons (Fsp3) is 0.615. The molecule has 2 aliphatic heterocycles. The summed E-state index contributed by atoms with van der Waals surface area (Å²) < 4.78 is 5.55. The van der Waals surface area contributed by atoms with E-state index in [0.29, 0.717) is 18.1 Å². The standard InChI is InChI=1S/C13H20N6O5/c14-7(21)1-2-18-5-19(12-8(18)11(15)16-4-17-12)13-10(23)9(22)6(3-20)24-13/h4,6,9-10,13,20,22-23H,1-3,5H2,(H2,14,21)(H2,15,16,17)/t6-,9?,10?,13-/m1/s1. The molecule has 2 unspecified atom stereocenters. The Hall–Kier alpha value is -2.21. The lowest BCUT2D eigenvalue weighted by Gasteiger charge is -2.28. The van der Waals surface area contributed by atoms with E-state index < -0.39 is 37.1 Å². The van der Waals surface area contributed by atoms with Gasteiger partial charge >= 0.3 is 0 Å². The molecule has 11 nitrogen and oxygen atoms in total. The number of ether oxygens (including phenoxy) is 1. The first kappa shape index (κ1) is 16.6. The second kappa shape index (κ2) is 6.36. The minimum atomic E-state index is -1.23. The smallest absolute Gasteiger partial charge is 0.219 e. The Morgan fingerprint density at radius 2 is 2.12 bits per heavy atom. The molecule has 1 aromatic heterocycles. The molecule has 0 radical (unpaired) electrons. The van der Waals surface area contributed by atoms with E-state index in [-0.39, 0.29) is 18.9 Å². The molecule has 132 valence electrons. The molecule has 4 atom stereocenters. The number of hydrogen-bond acceptors (Lipinski definition) is 10. The monoisotopic (exact) mass is 340 g/mol. The van der Waals surface area contributed by atoms with Crippen molar-refractivity contribution >= 4 is 23.2 Å². The van der Waals surface area contributed by atoms with Crippen molar-refractivity contribution < 1.29 is 24.9 Å². The average molecular weight is 340 g/mol. The highest BCUT2D eigenvalue weighted by atomic mass is 16.6. The third-order valence-electron chi connectivity index (χ3n) is 4.20. The summed E-state index contributed by atoms with van der Waals surface area (Å²) in [5.74, 6) is 0.180. The van der Waals surface area contributed by atoms with Crippen LogP contribution in [0.25, 0.3) is 0 Å². The van der Waals surface area contributed by atoms with Crippen molar-refractivity contribution in [1.82, 2.24) is 9.97 Å². The van der Waals surface area contributed by atoms with Gasteiger partial charge < -0.3 is 41.3 Å². The summed E-state index contributed by atoms with van der Waals surface area (Å²) in [6.07, 6.45) is -2.88. The number of primary amides is 1. The summed E-state index contributed by atoms with van der Waals surface area (Å²) in [5, 5.41) is 29.4. The lowest BCUT2D eigenvalue weighted by Crippen LogP contribution is -2.46. The van der Waals surface area contributed by atoms with Crippen LogP contribution in [-0.4, -0.2) is 75.6 Å². The summed E-state index contributed by atoms with van der Waals surface area (Å²) >= 11 is 0. The van der Waals surface area contributed by atoms with E-state index in [9.17, 15) is 20.1 Å².